The van der Waals surface area contributed by atoms with E-state index in [1.54, 1.807) is 6.20 Å². The minimum atomic E-state index is 0.0965. The van der Waals surface area contributed by atoms with E-state index in [0.29, 0.717) is 0 Å². The summed E-state index contributed by atoms with van der Waals surface area (Å²) >= 11 is 0. The van der Waals surface area contributed by atoms with Crippen molar-refractivity contribution >= 4 is 0 Å². The quantitative estimate of drug-likeness (QED) is 0.891. The maximum atomic E-state index is 5.97. The fraction of sp³-hybridized carbons (Fsp3) is 0.267. The maximum Gasteiger partial charge on any atom is 0.148 e. The van der Waals surface area contributed by atoms with Crippen molar-refractivity contribution in [2.45, 2.75) is 26.3 Å². The fourth-order valence-corrected chi connectivity index (χ4v) is 1.72. The summed E-state index contributed by atoms with van der Waals surface area (Å²) in [6, 6.07) is 11.8. The lowest BCUT2D eigenvalue weighted by Crippen LogP contribution is -2.08. The predicted molar refractivity (Wildman–Crippen MR) is 72.7 cm³/mol. The number of hydrogen-bond donors (Lipinski definition) is 1. The summed E-state index contributed by atoms with van der Waals surface area (Å²) in [4.78, 5) is 4.19. The van der Waals surface area contributed by atoms with Crippen LogP contribution in [0.5, 0.6) is 11.5 Å². The van der Waals surface area contributed by atoms with E-state index in [4.69, 9.17) is 10.5 Å². The number of nitrogens with zero attached hydrogens (tertiary/aromatic N) is 1. The summed E-state index contributed by atoms with van der Waals surface area (Å²) < 4.78 is 5.77. The lowest BCUT2D eigenvalue weighted by Gasteiger charge is -2.11. The second kappa shape index (κ2) is 5.65. The van der Waals surface area contributed by atoms with Gasteiger partial charge in [-0.2, -0.15) is 0 Å². The Labute approximate surface area is 108 Å². The Morgan fingerprint density at radius 1 is 1.22 bits per heavy atom. The van der Waals surface area contributed by atoms with Gasteiger partial charge in [0.05, 0.1) is 5.69 Å². The van der Waals surface area contributed by atoms with Gasteiger partial charge >= 0.3 is 0 Å². The van der Waals surface area contributed by atoms with Gasteiger partial charge in [0.2, 0.25) is 0 Å². The normalized spacial score (nSPS) is 12.2. The SMILES string of the molecule is CC[C@@H](N)c1ccc(Oc2cccnc2C)cc1. The minimum Gasteiger partial charge on any atom is -0.455 e. The zero-order valence-electron chi connectivity index (χ0n) is 10.8. The van der Waals surface area contributed by atoms with Crippen LogP contribution in [0.15, 0.2) is 42.6 Å². The highest BCUT2D eigenvalue weighted by Crippen LogP contribution is 2.25. The Hall–Kier alpha value is -1.87. The summed E-state index contributed by atoms with van der Waals surface area (Å²) in [6.45, 7) is 4.00. The summed E-state index contributed by atoms with van der Waals surface area (Å²) in [7, 11) is 0. The Kier molecular flexibility index (Phi) is 3.95. The van der Waals surface area contributed by atoms with Gasteiger partial charge in [0.1, 0.15) is 11.5 Å². The molecule has 0 aliphatic heterocycles. The molecular weight excluding hydrogens is 224 g/mol. The zero-order chi connectivity index (χ0) is 13.0. The number of ether oxygens (including phenoxy) is 1. The van der Waals surface area contributed by atoms with Crippen LogP contribution in [-0.4, -0.2) is 4.98 Å². The van der Waals surface area contributed by atoms with E-state index in [1.807, 2.05) is 43.3 Å². The molecular formula is C15H18N2O. The van der Waals surface area contributed by atoms with Crippen molar-refractivity contribution in [1.82, 2.24) is 4.98 Å². The molecule has 0 saturated carbocycles. The zero-order valence-corrected chi connectivity index (χ0v) is 10.8. The van der Waals surface area contributed by atoms with Gasteiger partial charge in [-0.25, -0.2) is 0 Å². The molecule has 0 saturated heterocycles. The first kappa shape index (κ1) is 12.6. The first-order chi connectivity index (χ1) is 8.70. The van der Waals surface area contributed by atoms with E-state index in [-0.39, 0.29) is 6.04 Å². The smallest absolute Gasteiger partial charge is 0.148 e. The third kappa shape index (κ3) is 2.87. The highest BCUT2D eigenvalue weighted by Gasteiger charge is 2.04. The molecule has 2 N–H and O–H groups in total. The van der Waals surface area contributed by atoms with Crippen molar-refractivity contribution < 1.29 is 4.74 Å². The molecule has 0 bridgehead atoms. The van der Waals surface area contributed by atoms with Crippen LogP contribution in [0.25, 0.3) is 0 Å². The van der Waals surface area contributed by atoms with Crippen molar-refractivity contribution in [1.29, 1.82) is 0 Å². The van der Waals surface area contributed by atoms with Crippen molar-refractivity contribution in [3.8, 4) is 11.5 Å². The number of aromatic nitrogens is 1. The average Bonchev–Trinajstić information content (AvgIpc) is 2.41. The largest absolute Gasteiger partial charge is 0.455 e. The molecule has 0 fully saturated rings. The van der Waals surface area contributed by atoms with Gasteiger partial charge in [-0.3, -0.25) is 4.98 Å². The summed E-state index contributed by atoms with van der Waals surface area (Å²) in [5.74, 6) is 1.59. The molecule has 1 aromatic carbocycles. The summed E-state index contributed by atoms with van der Waals surface area (Å²) in [5, 5.41) is 0. The highest BCUT2D eigenvalue weighted by atomic mass is 16.5. The van der Waals surface area contributed by atoms with E-state index in [9.17, 15) is 0 Å². The van der Waals surface area contributed by atoms with Crippen molar-refractivity contribution in [2.75, 3.05) is 0 Å². The van der Waals surface area contributed by atoms with Gasteiger partial charge < -0.3 is 10.5 Å². The summed E-state index contributed by atoms with van der Waals surface area (Å²) in [6.07, 6.45) is 2.69. The number of hydrogen-bond acceptors (Lipinski definition) is 3. The fourth-order valence-electron chi connectivity index (χ4n) is 1.72. The van der Waals surface area contributed by atoms with Gasteiger partial charge in [-0.15, -0.1) is 0 Å². The lowest BCUT2D eigenvalue weighted by atomic mass is 10.1. The molecule has 0 amide bonds. The van der Waals surface area contributed by atoms with Gasteiger partial charge in [0.15, 0.2) is 0 Å². The number of nitrogens with two attached hydrogens (primary N) is 1. The number of aryl methyl sites for hydroxylation is 1. The van der Waals surface area contributed by atoms with Gasteiger partial charge in [0.25, 0.3) is 0 Å². The third-order valence-electron chi connectivity index (χ3n) is 2.93. The van der Waals surface area contributed by atoms with Crippen LogP contribution in [0.4, 0.5) is 0 Å². The third-order valence-corrected chi connectivity index (χ3v) is 2.93. The Morgan fingerprint density at radius 3 is 2.56 bits per heavy atom. The summed E-state index contributed by atoms with van der Waals surface area (Å²) in [5.41, 5.74) is 7.98. The number of rotatable bonds is 4. The Bertz CT molecular complexity index is 508. The molecule has 1 heterocycles. The highest BCUT2D eigenvalue weighted by molar-refractivity contribution is 5.35. The predicted octanol–water partition coefficient (Wildman–Crippen LogP) is 3.59. The molecule has 3 nitrogen and oxygen atoms in total. The molecule has 1 atom stereocenters. The van der Waals surface area contributed by atoms with Crippen LogP contribution in [0, 0.1) is 6.92 Å². The molecule has 0 aliphatic rings. The molecule has 0 unspecified atom stereocenters. The van der Waals surface area contributed by atoms with E-state index < -0.39 is 0 Å². The van der Waals surface area contributed by atoms with Crippen LogP contribution in [0.3, 0.4) is 0 Å². The van der Waals surface area contributed by atoms with Gasteiger partial charge in [-0.05, 0) is 43.2 Å². The van der Waals surface area contributed by atoms with Crippen molar-refractivity contribution in [3.63, 3.8) is 0 Å². The van der Waals surface area contributed by atoms with Crippen LogP contribution < -0.4 is 10.5 Å². The molecule has 3 heteroatoms. The lowest BCUT2D eigenvalue weighted by molar-refractivity contribution is 0.475. The molecule has 2 rings (SSSR count). The average molecular weight is 242 g/mol. The topological polar surface area (TPSA) is 48.1 Å². The molecule has 1 aromatic heterocycles. The number of benzene rings is 1. The number of pyridine rings is 1. The molecule has 0 spiro atoms. The molecule has 94 valence electrons. The first-order valence-corrected chi connectivity index (χ1v) is 6.15. The van der Waals surface area contributed by atoms with Crippen molar-refractivity contribution in [3.05, 3.63) is 53.9 Å². The van der Waals surface area contributed by atoms with Crippen LogP contribution >= 0.6 is 0 Å². The monoisotopic (exact) mass is 242 g/mol. The van der Waals surface area contributed by atoms with E-state index in [0.717, 1.165) is 29.2 Å². The van der Waals surface area contributed by atoms with E-state index >= 15 is 0 Å². The second-order valence-corrected chi connectivity index (χ2v) is 4.27. The van der Waals surface area contributed by atoms with Crippen LogP contribution in [0.2, 0.25) is 0 Å². The van der Waals surface area contributed by atoms with E-state index in [1.165, 1.54) is 0 Å². The minimum absolute atomic E-state index is 0.0965. The first-order valence-electron chi connectivity index (χ1n) is 6.15. The van der Waals surface area contributed by atoms with E-state index in [2.05, 4.69) is 11.9 Å². The standard InChI is InChI=1S/C15H18N2O/c1-3-14(16)12-6-8-13(9-7-12)18-15-5-4-10-17-11(15)2/h4-10,14H,3,16H2,1-2H3/t14-/m1/s1. The Balaban J connectivity index is 2.14. The Morgan fingerprint density at radius 2 is 1.94 bits per heavy atom. The van der Waals surface area contributed by atoms with Gasteiger partial charge in [-0.1, -0.05) is 19.1 Å². The molecule has 2 aromatic rings. The van der Waals surface area contributed by atoms with Crippen LogP contribution in [0.1, 0.15) is 30.6 Å². The maximum absolute atomic E-state index is 5.97. The second-order valence-electron chi connectivity index (χ2n) is 4.27. The molecule has 0 aliphatic carbocycles. The van der Waals surface area contributed by atoms with Gasteiger partial charge in [0, 0.05) is 12.2 Å². The van der Waals surface area contributed by atoms with Crippen LogP contribution in [-0.2, 0) is 0 Å². The molecule has 0 radical (unpaired) electrons. The van der Waals surface area contributed by atoms with Crippen molar-refractivity contribution in [2.24, 2.45) is 5.73 Å². The molecule has 18 heavy (non-hydrogen) atoms.